The van der Waals surface area contributed by atoms with E-state index < -0.39 is 6.04 Å². The molecule has 0 aromatic heterocycles. The molecule has 0 saturated heterocycles. The van der Waals surface area contributed by atoms with Crippen LogP contribution in [0.5, 0.6) is 0 Å². The maximum atomic E-state index is 11.7. The van der Waals surface area contributed by atoms with Crippen molar-refractivity contribution in [1.29, 1.82) is 0 Å². The van der Waals surface area contributed by atoms with Crippen LogP contribution in [0.4, 0.5) is 0 Å². The van der Waals surface area contributed by atoms with Gasteiger partial charge in [0.1, 0.15) is 0 Å². The largest absolute Gasteiger partial charge is 0.321 e. The van der Waals surface area contributed by atoms with Crippen LogP contribution >= 0.6 is 11.6 Å². The van der Waals surface area contributed by atoms with Crippen molar-refractivity contribution in [3.63, 3.8) is 0 Å². The van der Waals surface area contributed by atoms with Crippen LogP contribution in [0, 0.1) is 5.92 Å². The highest BCUT2D eigenvalue weighted by molar-refractivity contribution is 6.30. The summed E-state index contributed by atoms with van der Waals surface area (Å²) in [4.78, 5) is 11.7. The third-order valence-corrected chi connectivity index (χ3v) is 2.40. The summed E-state index contributed by atoms with van der Waals surface area (Å²) in [5.74, 6) is 0.120. The molecule has 1 rings (SSSR count). The molecule has 1 atom stereocenters. The summed E-state index contributed by atoms with van der Waals surface area (Å²) in [5.41, 5.74) is 6.37. The predicted octanol–water partition coefficient (Wildman–Crippen LogP) is 2.51. The highest BCUT2D eigenvalue weighted by atomic mass is 35.5. The minimum absolute atomic E-state index is 0.0309. The average Bonchev–Trinajstić information content (AvgIpc) is 2.16. The van der Waals surface area contributed by atoms with Gasteiger partial charge >= 0.3 is 0 Å². The molecule has 0 heterocycles. The molecule has 0 bridgehead atoms. The van der Waals surface area contributed by atoms with Crippen molar-refractivity contribution in [2.75, 3.05) is 0 Å². The Morgan fingerprint density at radius 2 is 1.79 bits per heavy atom. The molecule has 0 aliphatic carbocycles. The Kier molecular flexibility index (Phi) is 3.67. The fourth-order valence-corrected chi connectivity index (χ4v) is 1.24. The van der Waals surface area contributed by atoms with Crippen LogP contribution in [0.1, 0.15) is 24.2 Å². The molecular formula is C11H14ClNO. The molecule has 0 aliphatic heterocycles. The molecule has 0 radical (unpaired) electrons. The first-order valence-corrected chi connectivity index (χ1v) is 4.95. The lowest BCUT2D eigenvalue weighted by Crippen LogP contribution is -2.35. The van der Waals surface area contributed by atoms with Crippen molar-refractivity contribution >= 4 is 17.4 Å². The molecule has 0 spiro atoms. The van der Waals surface area contributed by atoms with Gasteiger partial charge in [-0.15, -0.1) is 0 Å². The summed E-state index contributed by atoms with van der Waals surface area (Å²) in [7, 11) is 0. The van der Waals surface area contributed by atoms with E-state index in [1.807, 2.05) is 13.8 Å². The van der Waals surface area contributed by atoms with Crippen LogP contribution in [0.2, 0.25) is 5.02 Å². The summed E-state index contributed by atoms with van der Waals surface area (Å²) in [5, 5.41) is 0.625. The van der Waals surface area contributed by atoms with E-state index in [1.54, 1.807) is 24.3 Å². The first kappa shape index (κ1) is 11.2. The first-order valence-electron chi connectivity index (χ1n) is 4.57. The Labute approximate surface area is 89.1 Å². The summed E-state index contributed by atoms with van der Waals surface area (Å²) in [6.07, 6.45) is 0. The number of halogens is 1. The van der Waals surface area contributed by atoms with Crippen LogP contribution in [0.3, 0.4) is 0 Å². The van der Waals surface area contributed by atoms with Gasteiger partial charge in [0.2, 0.25) is 0 Å². The molecular weight excluding hydrogens is 198 g/mol. The topological polar surface area (TPSA) is 43.1 Å². The standard InChI is InChI=1S/C11H14ClNO/c1-7(2)10(13)11(14)8-3-5-9(12)6-4-8/h3-7,10H,13H2,1-2H3/t10-/m0/s1. The smallest absolute Gasteiger partial charge is 0.179 e. The van der Waals surface area contributed by atoms with Gasteiger partial charge in [-0.2, -0.15) is 0 Å². The molecule has 0 fully saturated rings. The Morgan fingerprint density at radius 1 is 1.29 bits per heavy atom. The first-order chi connectivity index (χ1) is 6.52. The summed E-state index contributed by atoms with van der Waals surface area (Å²) in [6.45, 7) is 3.86. The third kappa shape index (κ3) is 2.56. The van der Waals surface area contributed by atoms with E-state index in [4.69, 9.17) is 17.3 Å². The number of nitrogens with two attached hydrogens (primary N) is 1. The van der Waals surface area contributed by atoms with Crippen molar-refractivity contribution in [3.05, 3.63) is 34.9 Å². The molecule has 0 amide bonds. The second kappa shape index (κ2) is 4.58. The monoisotopic (exact) mass is 211 g/mol. The predicted molar refractivity (Wildman–Crippen MR) is 58.6 cm³/mol. The van der Waals surface area contributed by atoms with Crippen LogP contribution in [0.15, 0.2) is 24.3 Å². The second-order valence-corrected chi connectivity index (χ2v) is 4.08. The molecule has 3 heteroatoms. The minimum atomic E-state index is -0.434. The highest BCUT2D eigenvalue weighted by Crippen LogP contribution is 2.12. The average molecular weight is 212 g/mol. The van der Waals surface area contributed by atoms with Crippen molar-refractivity contribution in [2.24, 2.45) is 11.7 Å². The van der Waals surface area contributed by atoms with E-state index in [-0.39, 0.29) is 11.7 Å². The van der Waals surface area contributed by atoms with Crippen LogP contribution in [-0.2, 0) is 0 Å². The van der Waals surface area contributed by atoms with Gasteiger partial charge in [0, 0.05) is 10.6 Å². The van der Waals surface area contributed by atoms with E-state index in [0.29, 0.717) is 10.6 Å². The number of hydrogen-bond donors (Lipinski definition) is 1. The molecule has 1 aromatic rings. The quantitative estimate of drug-likeness (QED) is 0.781. The summed E-state index contributed by atoms with van der Waals surface area (Å²) in [6, 6.07) is 6.36. The zero-order valence-corrected chi connectivity index (χ0v) is 9.08. The molecule has 0 unspecified atom stereocenters. The lowest BCUT2D eigenvalue weighted by atomic mass is 9.96. The van der Waals surface area contributed by atoms with Gasteiger partial charge < -0.3 is 5.73 Å². The number of rotatable bonds is 3. The molecule has 2 nitrogen and oxygen atoms in total. The maximum absolute atomic E-state index is 11.7. The summed E-state index contributed by atoms with van der Waals surface area (Å²) < 4.78 is 0. The molecule has 76 valence electrons. The van der Waals surface area contributed by atoms with Crippen LogP contribution < -0.4 is 5.73 Å². The molecule has 0 saturated carbocycles. The van der Waals surface area contributed by atoms with Crippen molar-refractivity contribution < 1.29 is 4.79 Å². The zero-order chi connectivity index (χ0) is 10.7. The lowest BCUT2D eigenvalue weighted by molar-refractivity contribution is 0.0940. The van der Waals surface area contributed by atoms with E-state index in [1.165, 1.54) is 0 Å². The van der Waals surface area contributed by atoms with Gasteiger partial charge in [-0.05, 0) is 30.2 Å². The van der Waals surface area contributed by atoms with Crippen molar-refractivity contribution in [3.8, 4) is 0 Å². The van der Waals surface area contributed by atoms with E-state index >= 15 is 0 Å². The Hall–Kier alpha value is -0.860. The molecule has 2 N–H and O–H groups in total. The van der Waals surface area contributed by atoms with E-state index in [2.05, 4.69) is 0 Å². The van der Waals surface area contributed by atoms with E-state index in [0.717, 1.165) is 0 Å². The third-order valence-electron chi connectivity index (χ3n) is 2.15. The highest BCUT2D eigenvalue weighted by Gasteiger charge is 2.18. The van der Waals surface area contributed by atoms with Gasteiger partial charge in [0.05, 0.1) is 6.04 Å². The molecule has 1 aromatic carbocycles. The Balaban J connectivity index is 2.84. The number of hydrogen-bond acceptors (Lipinski definition) is 2. The Bertz CT molecular complexity index is 319. The van der Waals surface area contributed by atoms with Gasteiger partial charge in [-0.3, -0.25) is 4.79 Å². The fourth-order valence-electron chi connectivity index (χ4n) is 1.11. The second-order valence-electron chi connectivity index (χ2n) is 3.64. The van der Waals surface area contributed by atoms with Gasteiger partial charge in [0.25, 0.3) is 0 Å². The normalized spacial score (nSPS) is 12.9. The lowest BCUT2D eigenvalue weighted by Gasteiger charge is -2.13. The zero-order valence-electron chi connectivity index (χ0n) is 8.33. The number of ketones is 1. The number of carbonyl (C=O) groups excluding carboxylic acids is 1. The molecule has 0 aliphatic rings. The Morgan fingerprint density at radius 3 is 2.21 bits per heavy atom. The fraction of sp³-hybridized carbons (Fsp3) is 0.364. The van der Waals surface area contributed by atoms with Crippen molar-refractivity contribution in [1.82, 2.24) is 0 Å². The van der Waals surface area contributed by atoms with Gasteiger partial charge in [-0.25, -0.2) is 0 Å². The van der Waals surface area contributed by atoms with Crippen LogP contribution in [0.25, 0.3) is 0 Å². The number of Topliss-reactive ketones (excluding diaryl/α,β-unsaturated/α-hetero) is 1. The minimum Gasteiger partial charge on any atom is -0.321 e. The van der Waals surface area contributed by atoms with E-state index in [9.17, 15) is 4.79 Å². The van der Waals surface area contributed by atoms with Gasteiger partial charge in [-0.1, -0.05) is 25.4 Å². The van der Waals surface area contributed by atoms with Crippen LogP contribution in [-0.4, -0.2) is 11.8 Å². The maximum Gasteiger partial charge on any atom is 0.179 e. The number of carbonyl (C=O) groups is 1. The number of benzene rings is 1. The van der Waals surface area contributed by atoms with Crippen molar-refractivity contribution in [2.45, 2.75) is 19.9 Å². The molecule has 14 heavy (non-hydrogen) atoms. The SMILES string of the molecule is CC(C)[C@H](N)C(=O)c1ccc(Cl)cc1. The summed E-state index contributed by atoms with van der Waals surface area (Å²) >= 11 is 5.72. The van der Waals surface area contributed by atoms with Gasteiger partial charge in [0.15, 0.2) is 5.78 Å².